The number of methoxy groups -OCH3 is 1. The lowest BCUT2D eigenvalue weighted by Gasteiger charge is -2.61. The molecule has 4 aliphatic carbocycles. The normalized spacial score (nSPS) is 33.0. The maximum atomic E-state index is 13.7. The van der Waals surface area contributed by atoms with Crippen molar-refractivity contribution in [2.45, 2.75) is 50.2 Å². The highest BCUT2D eigenvalue weighted by Gasteiger charge is 2.62. The molecule has 2 bridgehead atoms. The molecule has 0 N–H and O–H groups in total. The fourth-order valence-corrected chi connectivity index (χ4v) is 4.32. The van der Waals surface area contributed by atoms with Crippen LogP contribution in [-0.4, -0.2) is 29.3 Å². The minimum atomic E-state index is -4.75. The first-order valence-electron chi connectivity index (χ1n) is 8.21. The van der Waals surface area contributed by atoms with Gasteiger partial charge < -0.3 is 4.74 Å². The molecule has 138 valence electrons. The number of aromatic nitrogens is 2. The average Bonchev–Trinajstić information content (AvgIpc) is 3.07. The number of esters is 1. The number of hydrogen-bond donors (Lipinski definition) is 0. The first-order valence-corrected chi connectivity index (χ1v) is 8.21. The van der Waals surface area contributed by atoms with E-state index in [9.17, 15) is 26.7 Å². The molecule has 0 radical (unpaired) electrons. The summed E-state index contributed by atoms with van der Waals surface area (Å²) < 4.78 is 72.1. The number of carbonyl (C=O) groups is 1. The molecule has 0 amide bonds. The SMILES string of the molecule is COC(=O)c1c(C(F)(F)F)c(C23CC(C2)C3)nn1CC1C[C@@H]1C(F)F. The van der Waals surface area contributed by atoms with Crippen molar-refractivity contribution in [3.63, 3.8) is 0 Å². The van der Waals surface area contributed by atoms with Gasteiger partial charge in [0.2, 0.25) is 6.43 Å². The Morgan fingerprint density at radius 1 is 1.36 bits per heavy atom. The smallest absolute Gasteiger partial charge is 0.420 e. The summed E-state index contributed by atoms with van der Waals surface area (Å²) in [6.45, 7) is -0.123. The number of halogens is 5. The number of hydrogen-bond acceptors (Lipinski definition) is 3. The van der Waals surface area contributed by atoms with Crippen LogP contribution in [0.15, 0.2) is 0 Å². The van der Waals surface area contributed by atoms with Crippen LogP contribution in [0.1, 0.15) is 47.4 Å². The van der Waals surface area contributed by atoms with Crippen LogP contribution in [0.2, 0.25) is 0 Å². The lowest BCUT2D eigenvalue weighted by molar-refractivity contribution is -0.142. The predicted octanol–water partition coefficient (Wildman–Crippen LogP) is 3.64. The summed E-state index contributed by atoms with van der Waals surface area (Å²) in [6, 6.07) is 0. The van der Waals surface area contributed by atoms with Gasteiger partial charge in [-0.15, -0.1) is 0 Å². The first kappa shape index (κ1) is 16.8. The van der Waals surface area contributed by atoms with Gasteiger partial charge in [0, 0.05) is 17.9 Å². The Balaban J connectivity index is 1.76. The van der Waals surface area contributed by atoms with Crippen molar-refractivity contribution in [1.82, 2.24) is 9.78 Å². The number of rotatable bonds is 5. The van der Waals surface area contributed by atoms with E-state index in [0.717, 1.165) is 11.8 Å². The lowest BCUT2D eigenvalue weighted by Crippen LogP contribution is -2.56. The Labute approximate surface area is 140 Å². The lowest BCUT2D eigenvalue weighted by atomic mass is 9.43. The van der Waals surface area contributed by atoms with Crippen LogP contribution in [-0.2, 0) is 22.9 Å². The standard InChI is InChI=1S/C16H17F5N2O2/c1-25-14(24)11-10(16(19,20)21)12(15-3-7(4-15)5-15)22-23(11)6-8-2-9(8)13(17)18/h7-9,13H,2-6H2,1H3/t7?,8?,9-,15?/m0/s1. The van der Waals surface area contributed by atoms with Gasteiger partial charge in [-0.05, 0) is 37.5 Å². The minimum Gasteiger partial charge on any atom is -0.464 e. The van der Waals surface area contributed by atoms with Crippen LogP contribution >= 0.6 is 0 Å². The molecule has 0 spiro atoms. The van der Waals surface area contributed by atoms with Gasteiger partial charge in [-0.3, -0.25) is 4.68 Å². The van der Waals surface area contributed by atoms with E-state index in [1.54, 1.807) is 0 Å². The van der Waals surface area contributed by atoms with E-state index in [2.05, 4.69) is 9.84 Å². The van der Waals surface area contributed by atoms with E-state index in [0.29, 0.717) is 25.2 Å². The zero-order valence-electron chi connectivity index (χ0n) is 13.4. The van der Waals surface area contributed by atoms with Gasteiger partial charge in [-0.2, -0.15) is 18.3 Å². The minimum absolute atomic E-state index is 0.114. The number of ether oxygens (including phenoxy) is 1. The molecular formula is C16H17F5N2O2. The van der Waals surface area contributed by atoms with E-state index in [1.165, 1.54) is 0 Å². The molecule has 5 rings (SSSR count). The third-order valence-corrected chi connectivity index (χ3v) is 5.86. The Morgan fingerprint density at radius 3 is 2.40 bits per heavy atom. The van der Waals surface area contributed by atoms with E-state index in [-0.39, 0.29) is 18.7 Å². The van der Waals surface area contributed by atoms with Gasteiger partial charge in [0.05, 0.1) is 12.8 Å². The summed E-state index contributed by atoms with van der Waals surface area (Å²) in [6.07, 6.45) is -5.13. The number of alkyl halides is 5. The molecule has 9 heteroatoms. The highest BCUT2D eigenvalue weighted by molar-refractivity contribution is 5.90. The second-order valence-electron chi connectivity index (χ2n) is 7.50. The van der Waals surface area contributed by atoms with Crippen LogP contribution in [0.25, 0.3) is 0 Å². The quantitative estimate of drug-likeness (QED) is 0.592. The Bertz CT molecular complexity index is 710. The molecule has 4 nitrogen and oxygen atoms in total. The monoisotopic (exact) mass is 364 g/mol. The molecule has 0 saturated heterocycles. The summed E-state index contributed by atoms with van der Waals surface area (Å²) in [4.78, 5) is 12.0. The Morgan fingerprint density at radius 2 is 2.00 bits per heavy atom. The summed E-state index contributed by atoms with van der Waals surface area (Å²) in [5.41, 5.74) is -2.44. The molecule has 2 atom stereocenters. The van der Waals surface area contributed by atoms with E-state index < -0.39 is 47.1 Å². The molecule has 25 heavy (non-hydrogen) atoms. The highest BCUT2D eigenvalue weighted by Crippen LogP contribution is 2.66. The summed E-state index contributed by atoms with van der Waals surface area (Å²) in [5, 5.41) is 4.10. The summed E-state index contributed by atoms with van der Waals surface area (Å²) in [5.74, 6) is -2.01. The molecule has 4 aliphatic rings. The number of carbonyl (C=O) groups excluding carboxylic acids is 1. The molecule has 1 aromatic heterocycles. The second-order valence-corrected chi connectivity index (χ2v) is 7.50. The Hall–Kier alpha value is -1.67. The highest BCUT2D eigenvalue weighted by atomic mass is 19.4. The zero-order chi connectivity index (χ0) is 18.1. The molecule has 0 aromatic carbocycles. The predicted molar refractivity (Wildman–Crippen MR) is 75.2 cm³/mol. The van der Waals surface area contributed by atoms with Crippen molar-refractivity contribution >= 4 is 5.97 Å². The van der Waals surface area contributed by atoms with Crippen molar-refractivity contribution in [3.8, 4) is 0 Å². The maximum Gasteiger partial charge on any atom is 0.420 e. The van der Waals surface area contributed by atoms with Crippen molar-refractivity contribution in [2.24, 2.45) is 17.8 Å². The van der Waals surface area contributed by atoms with Crippen LogP contribution in [0.3, 0.4) is 0 Å². The van der Waals surface area contributed by atoms with E-state index in [1.807, 2.05) is 0 Å². The van der Waals surface area contributed by atoms with Crippen LogP contribution in [0.5, 0.6) is 0 Å². The Kier molecular flexibility index (Phi) is 3.47. The topological polar surface area (TPSA) is 44.1 Å². The van der Waals surface area contributed by atoms with Crippen LogP contribution in [0.4, 0.5) is 22.0 Å². The molecule has 4 fully saturated rings. The van der Waals surface area contributed by atoms with Crippen molar-refractivity contribution in [2.75, 3.05) is 7.11 Å². The fraction of sp³-hybridized carbons (Fsp3) is 0.750. The van der Waals surface area contributed by atoms with E-state index in [4.69, 9.17) is 0 Å². The van der Waals surface area contributed by atoms with Crippen molar-refractivity contribution in [1.29, 1.82) is 0 Å². The maximum absolute atomic E-state index is 13.7. The van der Waals surface area contributed by atoms with Gasteiger partial charge >= 0.3 is 12.1 Å². The molecular weight excluding hydrogens is 347 g/mol. The summed E-state index contributed by atoms with van der Waals surface area (Å²) in [7, 11) is 1.000. The number of nitrogens with zero attached hydrogens (tertiary/aromatic N) is 2. The molecule has 1 unspecified atom stereocenters. The van der Waals surface area contributed by atoms with Crippen molar-refractivity contribution in [3.05, 3.63) is 17.0 Å². The molecule has 1 aromatic rings. The third-order valence-electron chi connectivity index (χ3n) is 5.86. The zero-order valence-corrected chi connectivity index (χ0v) is 13.4. The largest absolute Gasteiger partial charge is 0.464 e. The fourth-order valence-electron chi connectivity index (χ4n) is 4.32. The van der Waals surface area contributed by atoms with Crippen LogP contribution in [0, 0.1) is 17.8 Å². The van der Waals surface area contributed by atoms with Gasteiger partial charge in [-0.25, -0.2) is 13.6 Å². The van der Waals surface area contributed by atoms with Gasteiger partial charge in [0.1, 0.15) is 5.56 Å². The van der Waals surface area contributed by atoms with Crippen molar-refractivity contribution < 1.29 is 31.5 Å². The van der Waals surface area contributed by atoms with Gasteiger partial charge in [0.25, 0.3) is 0 Å². The first-order chi connectivity index (χ1) is 11.7. The van der Waals surface area contributed by atoms with Gasteiger partial charge in [-0.1, -0.05) is 0 Å². The average molecular weight is 364 g/mol. The van der Waals surface area contributed by atoms with Gasteiger partial charge in [0.15, 0.2) is 5.69 Å². The second kappa shape index (κ2) is 5.17. The molecule has 0 aliphatic heterocycles. The summed E-state index contributed by atoms with van der Waals surface area (Å²) >= 11 is 0. The van der Waals surface area contributed by atoms with E-state index >= 15 is 0 Å². The third kappa shape index (κ3) is 2.45. The van der Waals surface area contributed by atoms with Crippen LogP contribution < -0.4 is 0 Å². The molecule has 1 heterocycles. The molecule has 4 saturated carbocycles.